The van der Waals surface area contributed by atoms with Gasteiger partial charge >= 0.3 is 0 Å². The monoisotopic (exact) mass is 268 g/mol. The van der Waals surface area contributed by atoms with Crippen molar-refractivity contribution >= 4 is 11.8 Å². The highest BCUT2D eigenvalue weighted by molar-refractivity contribution is 5.78. The van der Waals surface area contributed by atoms with Crippen LogP contribution in [0.25, 0.3) is 0 Å². The Balaban J connectivity index is 2.21. The summed E-state index contributed by atoms with van der Waals surface area (Å²) < 4.78 is 4.96. The standard InChI is InChI=1S/C12H20N4O3/c1-4-12-15-10(16-19-12)5-6-13-11(18)7-8(2)14-9(3)17/h8H,4-7H2,1-3H3,(H,13,18)(H,14,17). The van der Waals surface area contributed by atoms with E-state index in [0.29, 0.717) is 31.1 Å². The van der Waals surface area contributed by atoms with E-state index in [9.17, 15) is 9.59 Å². The van der Waals surface area contributed by atoms with Crippen molar-refractivity contribution < 1.29 is 14.1 Å². The average Bonchev–Trinajstić information content (AvgIpc) is 2.75. The molecule has 1 atom stereocenters. The van der Waals surface area contributed by atoms with Crippen molar-refractivity contribution in [3.05, 3.63) is 11.7 Å². The van der Waals surface area contributed by atoms with E-state index in [2.05, 4.69) is 20.8 Å². The smallest absolute Gasteiger partial charge is 0.226 e. The number of hydrogen-bond donors (Lipinski definition) is 2. The molecule has 1 aromatic heterocycles. The SMILES string of the molecule is CCc1nc(CCNC(=O)CC(C)NC(C)=O)no1. The molecule has 0 spiro atoms. The molecule has 0 fully saturated rings. The summed E-state index contributed by atoms with van der Waals surface area (Å²) in [4.78, 5) is 26.5. The van der Waals surface area contributed by atoms with E-state index in [1.54, 1.807) is 6.92 Å². The molecule has 7 nitrogen and oxygen atoms in total. The predicted molar refractivity (Wildman–Crippen MR) is 68.3 cm³/mol. The van der Waals surface area contributed by atoms with Gasteiger partial charge in [-0.25, -0.2) is 0 Å². The molecule has 0 aliphatic carbocycles. The van der Waals surface area contributed by atoms with Crippen molar-refractivity contribution in [1.29, 1.82) is 0 Å². The van der Waals surface area contributed by atoms with Crippen LogP contribution in [0.3, 0.4) is 0 Å². The van der Waals surface area contributed by atoms with E-state index in [0.717, 1.165) is 0 Å². The second-order valence-electron chi connectivity index (χ2n) is 4.36. The number of rotatable bonds is 7. The molecule has 1 heterocycles. The normalized spacial score (nSPS) is 11.9. The Hall–Kier alpha value is -1.92. The molecular weight excluding hydrogens is 248 g/mol. The maximum atomic E-state index is 11.6. The zero-order chi connectivity index (χ0) is 14.3. The van der Waals surface area contributed by atoms with Gasteiger partial charge in [0.25, 0.3) is 0 Å². The minimum Gasteiger partial charge on any atom is -0.356 e. The van der Waals surface area contributed by atoms with Crippen molar-refractivity contribution in [1.82, 2.24) is 20.8 Å². The van der Waals surface area contributed by atoms with Gasteiger partial charge in [0, 0.05) is 38.8 Å². The third kappa shape index (κ3) is 5.98. The van der Waals surface area contributed by atoms with Crippen LogP contribution >= 0.6 is 0 Å². The molecule has 0 aliphatic heterocycles. The molecule has 0 aliphatic rings. The van der Waals surface area contributed by atoms with Crippen LogP contribution in [0.5, 0.6) is 0 Å². The second-order valence-corrected chi connectivity index (χ2v) is 4.36. The zero-order valence-corrected chi connectivity index (χ0v) is 11.5. The van der Waals surface area contributed by atoms with Crippen LogP contribution in [0.1, 0.15) is 38.9 Å². The average molecular weight is 268 g/mol. The van der Waals surface area contributed by atoms with Crippen LogP contribution in [0.15, 0.2) is 4.52 Å². The number of hydrogen-bond acceptors (Lipinski definition) is 5. The van der Waals surface area contributed by atoms with Crippen molar-refractivity contribution in [2.45, 2.75) is 46.1 Å². The lowest BCUT2D eigenvalue weighted by molar-refractivity contribution is -0.122. The molecule has 1 unspecified atom stereocenters. The summed E-state index contributed by atoms with van der Waals surface area (Å²) in [6, 6.07) is -0.172. The van der Waals surface area contributed by atoms with Gasteiger partial charge in [-0.3, -0.25) is 9.59 Å². The minimum atomic E-state index is -0.172. The topological polar surface area (TPSA) is 97.1 Å². The summed E-state index contributed by atoms with van der Waals surface area (Å²) in [5.41, 5.74) is 0. The first kappa shape index (κ1) is 15.1. The van der Waals surface area contributed by atoms with Crippen LogP contribution in [0.4, 0.5) is 0 Å². The third-order valence-electron chi connectivity index (χ3n) is 2.42. The minimum absolute atomic E-state index is 0.111. The van der Waals surface area contributed by atoms with E-state index in [1.807, 2.05) is 6.92 Å². The van der Waals surface area contributed by atoms with E-state index < -0.39 is 0 Å². The van der Waals surface area contributed by atoms with Gasteiger partial charge in [-0.15, -0.1) is 0 Å². The van der Waals surface area contributed by atoms with Crippen LogP contribution in [0, 0.1) is 0 Å². The molecule has 2 N–H and O–H groups in total. The summed E-state index contributed by atoms with van der Waals surface area (Å²) >= 11 is 0. The van der Waals surface area contributed by atoms with E-state index in [4.69, 9.17) is 4.52 Å². The van der Waals surface area contributed by atoms with E-state index >= 15 is 0 Å². The van der Waals surface area contributed by atoms with Gasteiger partial charge < -0.3 is 15.2 Å². The molecular formula is C12H20N4O3. The van der Waals surface area contributed by atoms with Gasteiger partial charge in [0.2, 0.25) is 17.7 Å². The van der Waals surface area contributed by atoms with Crippen molar-refractivity contribution in [2.75, 3.05) is 6.54 Å². The van der Waals surface area contributed by atoms with Crippen LogP contribution < -0.4 is 10.6 Å². The molecule has 2 amide bonds. The highest BCUT2D eigenvalue weighted by Crippen LogP contribution is 1.98. The Morgan fingerprint density at radius 2 is 2.16 bits per heavy atom. The highest BCUT2D eigenvalue weighted by Gasteiger charge is 2.10. The second kappa shape index (κ2) is 7.50. The summed E-state index contributed by atoms with van der Waals surface area (Å²) in [5.74, 6) is 0.937. The molecule has 0 saturated carbocycles. The van der Waals surface area contributed by atoms with E-state index in [1.165, 1.54) is 6.92 Å². The fourth-order valence-corrected chi connectivity index (χ4v) is 1.60. The molecule has 0 bridgehead atoms. The van der Waals surface area contributed by atoms with Gasteiger partial charge in [0.15, 0.2) is 5.82 Å². The zero-order valence-electron chi connectivity index (χ0n) is 11.5. The summed E-state index contributed by atoms with van der Waals surface area (Å²) in [5, 5.41) is 9.19. The molecule has 1 aromatic rings. The van der Waals surface area contributed by atoms with E-state index in [-0.39, 0.29) is 24.3 Å². The van der Waals surface area contributed by atoms with Gasteiger partial charge in [0.05, 0.1) is 0 Å². The number of carbonyl (C=O) groups is 2. The van der Waals surface area contributed by atoms with Crippen molar-refractivity contribution in [3.63, 3.8) is 0 Å². The van der Waals surface area contributed by atoms with Crippen LogP contribution in [-0.2, 0) is 22.4 Å². The van der Waals surface area contributed by atoms with Gasteiger partial charge in [-0.1, -0.05) is 12.1 Å². The quantitative estimate of drug-likeness (QED) is 0.736. The number of aryl methyl sites for hydroxylation is 1. The van der Waals surface area contributed by atoms with Crippen LogP contribution in [0.2, 0.25) is 0 Å². The molecule has 0 saturated heterocycles. The highest BCUT2D eigenvalue weighted by atomic mass is 16.5. The first-order valence-electron chi connectivity index (χ1n) is 6.36. The maximum absolute atomic E-state index is 11.6. The lowest BCUT2D eigenvalue weighted by Gasteiger charge is -2.11. The Morgan fingerprint density at radius 3 is 2.74 bits per heavy atom. The fourth-order valence-electron chi connectivity index (χ4n) is 1.60. The summed E-state index contributed by atoms with van der Waals surface area (Å²) in [7, 11) is 0. The Labute approximate surface area is 112 Å². The molecule has 1 rings (SSSR count). The number of aromatic nitrogens is 2. The largest absolute Gasteiger partial charge is 0.356 e. The Morgan fingerprint density at radius 1 is 1.42 bits per heavy atom. The molecule has 0 radical (unpaired) electrons. The first-order valence-corrected chi connectivity index (χ1v) is 6.36. The number of carbonyl (C=O) groups excluding carboxylic acids is 2. The van der Waals surface area contributed by atoms with Gasteiger partial charge in [0.1, 0.15) is 0 Å². The number of nitrogens with zero attached hydrogens (tertiary/aromatic N) is 2. The number of nitrogens with one attached hydrogen (secondary N) is 2. The maximum Gasteiger partial charge on any atom is 0.226 e. The molecule has 106 valence electrons. The van der Waals surface area contributed by atoms with Crippen molar-refractivity contribution in [2.24, 2.45) is 0 Å². The van der Waals surface area contributed by atoms with Gasteiger partial charge in [-0.05, 0) is 6.92 Å². The predicted octanol–water partition coefficient (Wildman–Crippen LogP) is 0.205. The molecule has 19 heavy (non-hydrogen) atoms. The third-order valence-corrected chi connectivity index (χ3v) is 2.42. The molecule has 7 heteroatoms. The number of amides is 2. The fraction of sp³-hybridized carbons (Fsp3) is 0.667. The summed E-state index contributed by atoms with van der Waals surface area (Å²) in [6.07, 6.45) is 1.49. The lowest BCUT2D eigenvalue weighted by Crippen LogP contribution is -2.36. The molecule has 0 aromatic carbocycles. The lowest BCUT2D eigenvalue weighted by atomic mass is 10.2. The van der Waals surface area contributed by atoms with Crippen molar-refractivity contribution in [3.8, 4) is 0 Å². The van der Waals surface area contributed by atoms with Gasteiger partial charge in [-0.2, -0.15) is 4.98 Å². The van der Waals surface area contributed by atoms with Crippen LogP contribution in [-0.4, -0.2) is 34.5 Å². The Bertz CT molecular complexity index is 430. The summed E-state index contributed by atoms with van der Waals surface area (Å²) in [6.45, 7) is 5.60. The Kier molecular flexibility index (Phi) is 5.98. The first-order chi connectivity index (χ1) is 9.01.